The first-order valence-corrected chi connectivity index (χ1v) is 5.12. The van der Waals surface area contributed by atoms with Gasteiger partial charge in [0.15, 0.2) is 0 Å². The van der Waals surface area contributed by atoms with Crippen molar-refractivity contribution in [2.24, 2.45) is 0 Å². The average molecular weight is 234 g/mol. The zero-order valence-electron chi connectivity index (χ0n) is 9.77. The molecule has 0 aliphatic rings. The Morgan fingerprint density at radius 2 is 2.00 bits per heavy atom. The third-order valence-corrected chi connectivity index (χ3v) is 2.32. The summed E-state index contributed by atoms with van der Waals surface area (Å²) < 4.78 is 4.62. The van der Waals surface area contributed by atoms with Crippen LogP contribution < -0.4 is 0 Å². The van der Waals surface area contributed by atoms with Crippen molar-refractivity contribution in [2.45, 2.75) is 13.3 Å². The van der Waals surface area contributed by atoms with Crippen LogP contribution in [-0.4, -0.2) is 24.2 Å². The Kier molecular flexibility index (Phi) is 4.46. The minimum atomic E-state index is -0.881. The molecule has 1 N–H and O–H groups in total. The van der Waals surface area contributed by atoms with Gasteiger partial charge in [-0.15, -0.1) is 0 Å². The van der Waals surface area contributed by atoms with E-state index in [1.165, 1.54) is 7.11 Å². The lowest BCUT2D eigenvalue weighted by Gasteiger charge is -2.04. The van der Waals surface area contributed by atoms with Gasteiger partial charge in [0.1, 0.15) is 0 Å². The lowest BCUT2D eigenvalue weighted by atomic mass is 10.0. The number of ether oxygens (including phenoxy) is 1. The molecule has 0 fully saturated rings. The summed E-state index contributed by atoms with van der Waals surface area (Å²) in [5.74, 6) is -1.29. The van der Waals surface area contributed by atoms with E-state index >= 15 is 0 Å². The Hall–Kier alpha value is -2.10. The third kappa shape index (κ3) is 3.75. The number of carboxylic acids is 1. The van der Waals surface area contributed by atoms with Crippen LogP contribution in [-0.2, 0) is 9.53 Å². The van der Waals surface area contributed by atoms with Gasteiger partial charge < -0.3 is 9.84 Å². The van der Waals surface area contributed by atoms with Gasteiger partial charge in [-0.3, -0.25) is 4.79 Å². The summed E-state index contributed by atoms with van der Waals surface area (Å²) >= 11 is 0. The smallest absolute Gasteiger partial charge is 0.337 e. The van der Waals surface area contributed by atoms with E-state index in [1.807, 2.05) is 6.07 Å². The van der Waals surface area contributed by atoms with E-state index in [0.29, 0.717) is 5.56 Å². The summed E-state index contributed by atoms with van der Waals surface area (Å²) in [6, 6.07) is 6.89. The van der Waals surface area contributed by atoms with Gasteiger partial charge in [0.05, 0.1) is 19.1 Å². The molecule has 0 aliphatic carbocycles. The molecule has 0 saturated heterocycles. The molecule has 90 valence electrons. The summed E-state index contributed by atoms with van der Waals surface area (Å²) in [7, 11) is 1.32. The summed E-state index contributed by atoms with van der Waals surface area (Å²) in [5.41, 5.74) is 2.08. The topological polar surface area (TPSA) is 63.6 Å². The molecule has 0 atom stereocenters. The van der Waals surface area contributed by atoms with Gasteiger partial charge in [-0.25, -0.2) is 4.79 Å². The van der Waals surface area contributed by atoms with Crippen LogP contribution in [0.4, 0.5) is 0 Å². The number of carbonyl (C=O) groups is 2. The molecule has 4 nitrogen and oxygen atoms in total. The lowest BCUT2D eigenvalue weighted by molar-refractivity contribution is -0.135. The van der Waals surface area contributed by atoms with Gasteiger partial charge in [0.25, 0.3) is 0 Å². The number of allylic oxidation sites excluding steroid dienone is 1. The third-order valence-electron chi connectivity index (χ3n) is 2.32. The molecule has 0 heterocycles. The lowest BCUT2D eigenvalue weighted by Crippen LogP contribution is -2.01. The largest absolute Gasteiger partial charge is 0.481 e. The van der Waals surface area contributed by atoms with Crippen molar-refractivity contribution in [1.29, 1.82) is 0 Å². The highest BCUT2D eigenvalue weighted by Gasteiger charge is 2.06. The highest BCUT2D eigenvalue weighted by atomic mass is 16.5. The molecule has 4 heteroatoms. The minimum absolute atomic E-state index is 0.0334. The monoisotopic (exact) mass is 234 g/mol. The Labute approximate surface area is 99.5 Å². The van der Waals surface area contributed by atoms with E-state index in [1.54, 1.807) is 31.2 Å². The highest BCUT2D eigenvalue weighted by Crippen LogP contribution is 2.16. The number of hydrogen-bond acceptors (Lipinski definition) is 3. The molecule has 0 radical (unpaired) electrons. The van der Waals surface area contributed by atoms with E-state index < -0.39 is 11.9 Å². The molecule has 0 amide bonds. The maximum atomic E-state index is 11.3. The number of carboxylic acid groups (broad SMARTS) is 1. The van der Waals surface area contributed by atoms with Crippen molar-refractivity contribution in [3.05, 3.63) is 41.5 Å². The SMILES string of the molecule is COC(=O)c1cccc(/C(C)=C/CC(=O)O)c1. The Balaban J connectivity index is 2.95. The standard InChI is InChI=1S/C13H14O4/c1-9(6-7-12(14)15)10-4-3-5-11(8-10)13(16)17-2/h3-6,8H,7H2,1-2H3,(H,14,15)/b9-6+. The molecule has 0 saturated carbocycles. The number of esters is 1. The van der Waals surface area contributed by atoms with Gasteiger partial charge in [-0.05, 0) is 30.2 Å². The number of rotatable bonds is 4. The van der Waals surface area contributed by atoms with Crippen LogP contribution in [0.3, 0.4) is 0 Å². The summed E-state index contributed by atoms with van der Waals surface area (Å²) in [6.07, 6.45) is 1.58. The minimum Gasteiger partial charge on any atom is -0.481 e. The Morgan fingerprint density at radius 1 is 1.35 bits per heavy atom. The van der Waals surface area contributed by atoms with E-state index in [-0.39, 0.29) is 6.42 Å². The predicted molar refractivity (Wildman–Crippen MR) is 63.7 cm³/mol. The van der Waals surface area contributed by atoms with Crippen molar-refractivity contribution in [2.75, 3.05) is 7.11 Å². The van der Waals surface area contributed by atoms with Crippen molar-refractivity contribution in [1.82, 2.24) is 0 Å². The molecule has 0 unspecified atom stereocenters. The van der Waals surface area contributed by atoms with Crippen molar-refractivity contribution in [3.8, 4) is 0 Å². The summed E-state index contributed by atoms with van der Waals surface area (Å²) in [4.78, 5) is 21.8. The molecule has 1 aromatic rings. The van der Waals surface area contributed by atoms with Crippen molar-refractivity contribution >= 4 is 17.5 Å². The van der Waals surface area contributed by atoms with Gasteiger partial charge >= 0.3 is 11.9 Å². The van der Waals surface area contributed by atoms with Crippen molar-refractivity contribution in [3.63, 3.8) is 0 Å². The van der Waals surface area contributed by atoms with Crippen LogP contribution in [0.25, 0.3) is 5.57 Å². The molecular formula is C13H14O4. The first-order chi connectivity index (χ1) is 8.04. The van der Waals surface area contributed by atoms with Gasteiger partial charge in [-0.1, -0.05) is 18.2 Å². The fraction of sp³-hybridized carbons (Fsp3) is 0.231. The zero-order chi connectivity index (χ0) is 12.8. The fourth-order valence-electron chi connectivity index (χ4n) is 1.37. The molecule has 0 bridgehead atoms. The molecule has 1 aromatic carbocycles. The van der Waals surface area contributed by atoms with Crippen LogP contribution >= 0.6 is 0 Å². The maximum Gasteiger partial charge on any atom is 0.337 e. The molecule has 17 heavy (non-hydrogen) atoms. The highest BCUT2D eigenvalue weighted by molar-refractivity contribution is 5.90. The first kappa shape index (κ1) is 13.0. The first-order valence-electron chi connectivity index (χ1n) is 5.12. The van der Waals surface area contributed by atoms with E-state index in [0.717, 1.165) is 11.1 Å². The van der Waals surface area contributed by atoms with E-state index in [9.17, 15) is 9.59 Å². The number of hydrogen-bond donors (Lipinski definition) is 1. The number of benzene rings is 1. The fourth-order valence-corrected chi connectivity index (χ4v) is 1.37. The van der Waals surface area contributed by atoms with Crippen LogP contribution in [0.5, 0.6) is 0 Å². The van der Waals surface area contributed by atoms with Gasteiger partial charge in [0.2, 0.25) is 0 Å². The molecule has 1 rings (SSSR count). The summed E-state index contributed by atoms with van der Waals surface area (Å²) in [6.45, 7) is 1.80. The quantitative estimate of drug-likeness (QED) is 0.812. The predicted octanol–water partition coefficient (Wildman–Crippen LogP) is 2.35. The molecule has 0 aliphatic heterocycles. The average Bonchev–Trinajstić information content (AvgIpc) is 2.35. The van der Waals surface area contributed by atoms with Crippen molar-refractivity contribution < 1.29 is 19.4 Å². The Bertz CT molecular complexity index is 460. The maximum absolute atomic E-state index is 11.3. The van der Waals surface area contributed by atoms with Gasteiger partial charge in [-0.2, -0.15) is 0 Å². The Morgan fingerprint density at radius 3 is 2.59 bits per heavy atom. The molecular weight excluding hydrogens is 220 g/mol. The van der Waals surface area contributed by atoms with Gasteiger partial charge in [0, 0.05) is 0 Å². The van der Waals surface area contributed by atoms with Crippen LogP contribution in [0, 0.1) is 0 Å². The number of carbonyl (C=O) groups excluding carboxylic acids is 1. The number of aliphatic carboxylic acids is 1. The number of methoxy groups -OCH3 is 1. The van der Waals surface area contributed by atoms with Crippen LogP contribution in [0.2, 0.25) is 0 Å². The zero-order valence-corrected chi connectivity index (χ0v) is 9.77. The second-order valence-corrected chi connectivity index (χ2v) is 3.56. The van der Waals surface area contributed by atoms with Crippen LogP contribution in [0.1, 0.15) is 29.3 Å². The molecule has 0 spiro atoms. The molecule has 0 aromatic heterocycles. The van der Waals surface area contributed by atoms with E-state index in [4.69, 9.17) is 5.11 Å². The van der Waals surface area contributed by atoms with E-state index in [2.05, 4.69) is 4.74 Å². The second kappa shape index (κ2) is 5.84. The summed E-state index contributed by atoms with van der Waals surface area (Å²) in [5, 5.41) is 8.57. The van der Waals surface area contributed by atoms with Crippen LogP contribution in [0.15, 0.2) is 30.3 Å². The normalized spacial score (nSPS) is 11.1. The second-order valence-electron chi connectivity index (χ2n) is 3.56.